The second-order valence-electron chi connectivity index (χ2n) is 6.37. The minimum atomic E-state index is -0.383. The molecule has 112 valence electrons. The summed E-state index contributed by atoms with van der Waals surface area (Å²) in [6.45, 7) is 1.44. The van der Waals surface area contributed by atoms with Gasteiger partial charge in [-0.1, -0.05) is 24.3 Å². The lowest BCUT2D eigenvalue weighted by Crippen LogP contribution is -2.41. The molecule has 21 heavy (non-hydrogen) atoms. The molecule has 4 rings (SSSR count). The van der Waals surface area contributed by atoms with Crippen LogP contribution >= 0.6 is 0 Å². The zero-order valence-corrected chi connectivity index (χ0v) is 11.6. The lowest BCUT2D eigenvalue weighted by molar-refractivity contribution is -0.239. The average molecular weight is 288 g/mol. The molecule has 1 aliphatic heterocycles. The van der Waals surface area contributed by atoms with Crippen LogP contribution in [-0.2, 0) is 9.47 Å². The largest absolute Gasteiger partial charge is 0.733 e. The molecule has 1 aromatic carbocycles. The molecule has 2 aliphatic carbocycles. The number of benzene rings is 1. The highest BCUT2D eigenvalue weighted by Gasteiger charge is 2.51. The van der Waals surface area contributed by atoms with E-state index in [9.17, 15) is 5.21 Å². The van der Waals surface area contributed by atoms with Crippen LogP contribution in [-0.4, -0.2) is 18.4 Å². The van der Waals surface area contributed by atoms with Crippen LogP contribution in [0.2, 0.25) is 0 Å². The molecular formula is C16H18NO4-. The molecule has 1 spiro atoms. The molecule has 0 aromatic heterocycles. The summed E-state index contributed by atoms with van der Waals surface area (Å²) in [5.41, 5.74) is 1.23. The third-order valence-electron chi connectivity index (χ3n) is 5.06. The first kappa shape index (κ1) is 13.3. The second kappa shape index (κ2) is 4.81. The van der Waals surface area contributed by atoms with E-state index in [2.05, 4.69) is 12.2 Å². The number of fused-ring (bicyclic) bond motifs is 3. The van der Waals surface area contributed by atoms with E-state index in [-0.39, 0.29) is 22.6 Å². The highest BCUT2D eigenvalue weighted by atomic mass is 16.8. The predicted octanol–water partition coefficient (Wildman–Crippen LogP) is 3.01. The Bertz CT molecular complexity index is 546. The van der Waals surface area contributed by atoms with Crippen molar-refractivity contribution in [3.63, 3.8) is 0 Å². The minimum absolute atomic E-state index is 0.150. The molecule has 2 atom stereocenters. The SMILES string of the molecule is [O-]N(O)c1ccc(C2OCC3(CO2)CC2C=CC3C2)cc1. The number of nitrogens with zero attached hydrogens (tertiary/aromatic N) is 1. The van der Waals surface area contributed by atoms with Crippen LogP contribution in [0.15, 0.2) is 36.4 Å². The maximum atomic E-state index is 10.8. The Morgan fingerprint density at radius 2 is 1.86 bits per heavy atom. The lowest BCUT2D eigenvalue weighted by Gasteiger charge is -2.41. The number of hydrogen-bond donors (Lipinski definition) is 1. The summed E-state index contributed by atoms with van der Waals surface area (Å²) in [5, 5.41) is 19.5. The molecule has 0 amide bonds. The molecule has 2 bridgehead atoms. The highest BCUT2D eigenvalue weighted by molar-refractivity contribution is 5.45. The van der Waals surface area contributed by atoms with Gasteiger partial charge in [-0.15, -0.1) is 0 Å². The van der Waals surface area contributed by atoms with Crippen LogP contribution in [0, 0.1) is 22.5 Å². The van der Waals surface area contributed by atoms with Gasteiger partial charge in [-0.2, -0.15) is 0 Å². The minimum Gasteiger partial charge on any atom is -0.733 e. The number of ether oxygens (including phenoxy) is 2. The van der Waals surface area contributed by atoms with E-state index in [4.69, 9.17) is 14.7 Å². The summed E-state index contributed by atoms with van der Waals surface area (Å²) >= 11 is 0. The first-order chi connectivity index (χ1) is 10.2. The standard InChI is InChI=1S/C16H18NO4/c18-17(19)14-5-2-12(3-6-14)15-20-9-16(10-21-15)8-11-1-4-13(16)7-11/h1-6,11,13,15,18H,7-10H2/q-1. The predicted molar refractivity (Wildman–Crippen MR) is 76.5 cm³/mol. The lowest BCUT2D eigenvalue weighted by atomic mass is 9.76. The number of anilines is 1. The van der Waals surface area contributed by atoms with Gasteiger partial charge in [0.15, 0.2) is 6.29 Å². The van der Waals surface area contributed by atoms with E-state index in [0.717, 1.165) is 25.2 Å². The van der Waals surface area contributed by atoms with Crippen molar-refractivity contribution in [2.75, 3.05) is 18.4 Å². The second-order valence-corrected chi connectivity index (χ2v) is 6.37. The van der Waals surface area contributed by atoms with Gasteiger partial charge in [0.05, 0.1) is 18.9 Å². The molecule has 5 nitrogen and oxygen atoms in total. The van der Waals surface area contributed by atoms with Gasteiger partial charge in [0.25, 0.3) is 0 Å². The van der Waals surface area contributed by atoms with E-state index in [1.165, 1.54) is 6.42 Å². The molecule has 1 heterocycles. The summed E-state index contributed by atoms with van der Waals surface area (Å²) in [4.78, 5) is 0. The molecule has 1 aromatic rings. The molecule has 3 aliphatic rings. The molecular weight excluding hydrogens is 270 g/mol. The summed E-state index contributed by atoms with van der Waals surface area (Å²) < 4.78 is 11.9. The zero-order chi connectivity index (χ0) is 14.4. The van der Waals surface area contributed by atoms with E-state index in [0.29, 0.717) is 11.8 Å². The Labute approximate surface area is 123 Å². The fourth-order valence-corrected chi connectivity index (χ4v) is 3.91. The van der Waals surface area contributed by atoms with Gasteiger partial charge >= 0.3 is 0 Å². The number of rotatable bonds is 2. The normalized spacial score (nSPS) is 37.3. The third-order valence-corrected chi connectivity index (χ3v) is 5.06. The fraction of sp³-hybridized carbons (Fsp3) is 0.500. The average Bonchev–Trinajstić information content (AvgIpc) is 3.09. The van der Waals surface area contributed by atoms with E-state index in [1.54, 1.807) is 24.3 Å². The first-order valence-electron chi connectivity index (χ1n) is 7.34. The summed E-state index contributed by atoms with van der Waals surface area (Å²) in [7, 11) is 0. The maximum absolute atomic E-state index is 10.8. The van der Waals surface area contributed by atoms with Crippen LogP contribution in [0.1, 0.15) is 24.7 Å². The van der Waals surface area contributed by atoms with Crippen LogP contribution in [0.4, 0.5) is 5.69 Å². The van der Waals surface area contributed by atoms with Crippen LogP contribution < -0.4 is 5.23 Å². The third kappa shape index (κ3) is 2.17. The Kier molecular flexibility index (Phi) is 3.04. The fourth-order valence-electron chi connectivity index (χ4n) is 3.91. The topological polar surface area (TPSA) is 65.0 Å². The Morgan fingerprint density at radius 1 is 1.14 bits per heavy atom. The molecule has 5 heteroatoms. The van der Waals surface area contributed by atoms with Gasteiger partial charge in [0.1, 0.15) is 0 Å². The molecule has 0 radical (unpaired) electrons. The van der Waals surface area contributed by atoms with Crippen molar-refractivity contribution in [2.24, 2.45) is 17.3 Å². The summed E-state index contributed by atoms with van der Waals surface area (Å²) in [6, 6.07) is 6.61. The van der Waals surface area contributed by atoms with Gasteiger partial charge < -0.3 is 19.9 Å². The van der Waals surface area contributed by atoms with Gasteiger partial charge in [-0.25, -0.2) is 0 Å². The van der Waals surface area contributed by atoms with Crippen LogP contribution in [0.5, 0.6) is 0 Å². The van der Waals surface area contributed by atoms with Crippen molar-refractivity contribution in [1.29, 1.82) is 0 Å². The van der Waals surface area contributed by atoms with E-state index in [1.807, 2.05) is 0 Å². The molecule has 1 saturated heterocycles. The quantitative estimate of drug-likeness (QED) is 0.669. The Hall–Kier alpha value is -1.40. The van der Waals surface area contributed by atoms with Crippen LogP contribution in [0.25, 0.3) is 0 Å². The molecule has 2 fully saturated rings. The monoisotopic (exact) mass is 288 g/mol. The van der Waals surface area contributed by atoms with E-state index >= 15 is 0 Å². The number of hydrogen-bond acceptors (Lipinski definition) is 5. The first-order valence-corrected chi connectivity index (χ1v) is 7.34. The molecule has 2 unspecified atom stereocenters. The summed E-state index contributed by atoms with van der Waals surface area (Å²) in [5.74, 6) is 1.29. The van der Waals surface area contributed by atoms with Crippen LogP contribution in [0.3, 0.4) is 0 Å². The van der Waals surface area contributed by atoms with Gasteiger partial charge in [-0.3, -0.25) is 5.21 Å². The van der Waals surface area contributed by atoms with Crippen molar-refractivity contribution < 1.29 is 14.7 Å². The molecule has 1 saturated carbocycles. The maximum Gasteiger partial charge on any atom is 0.183 e. The van der Waals surface area contributed by atoms with Crippen molar-refractivity contribution in [3.05, 3.63) is 47.2 Å². The number of allylic oxidation sites excluding steroid dienone is 2. The van der Waals surface area contributed by atoms with Gasteiger partial charge in [0, 0.05) is 11.0 Å². The zero-order valence-electron chi connectivity index (χ0n) is 11.6. The van der Waals surface area contributed by atoms with Crippen molar-refractivity contribution in [2.45, 2.75) is 19.1 Å². The van der Waals surface area contributed by atoms with E-state index < -0.39 is 0 Å². The highest BCUT2D eigenvalue weighted by Crippen LogP contribution is 2.54. The summed E-state index contributed by atoms with van der Waals surface area (Å²) in [6.07, 6.45) is 6.66. The molecule has 1 N–H and O–H groups in total. The van der Waals surface area contributed by atoms with Crippen molar-refractivity contribution in [1.82, 2.24) is 0 Å². The Morgan fingerprint density at radius 3 is 2.38 bits per heavy atom. The van der Waals surface area contributed by atoms with Gasteiger partial charge in [-0.05, 0) is 36.8 Å². The van der Waals surface area contributed by atoms with Gasteiger partial charge in [0.2, 0.25) is 0 Å². The van der Waals surface area contributed by atoms with Crippen molar-refractivity contribution >= 4 is 5.69 Å². The smallest absolute Gasteiger partial charge is 0.183 e. The van der Waals surface area contributed by atoms with Crippen molar-refractivity contribution in [3.8, 4) is 0 Å². The Balaban J connectivity index is 1.44.